The second-order valence-corrected chi connectivity index (χ2v) is 23.2. The van der Waals surface area contributed by atoms with Crippen molar-refractivity contribution < 1.29 is 119 Å². The van der Waals surface area contributed by atoms with Gasteiger partial charge in [0.2, 0.25) is 0 Å². The van der Waals surface area contributed by atoms with E-state index < -0.39 is 148 Å². The largest absolute Gasteiger partial charge is 0.394 e. The van der Waals surface area contributed by atoms with Crippen LogP contribution in [0.1, 0.15) is 85.5 Å². The minimum absolute atomic E-state index is 0.0869. The average Bonchev–Trinajstić information content (AvgIpc) is 3.80. The number of fused-ring (bicyclic) bond motifs is 7. The Bertz CT molecular complexity index is 1900. The highest BCUT2D eigenvalue weighted by atomic mass is 16.8. The van der Waals surface area contributed by atoms with Crippen LogP contribution in [0.3, 0.4) is 0 Å². The predicted molar refractivity (Wildman–Crippen MR) is 242 cm³/mol. The van der Waals surface area contributed by atoms with Crippen molar-refractivity contribution in [3.8, 4) is 0 Å². The number of ether oxygens (including phenoxy) is 9. The molecule has 0 aromatic heterocycles. The fourth-order valence-electron chi connectivity index (χ4n) is 14.6. The molecular formula is C49H80O24. The van der Waals surface area contributed by atoms with E-state index in [0.717, 1.165) is 32.1 Å². The molecule has 31 atom stereocenters. The molecule has 0 bridgehead atoms. The zero-order valence-corrected chi connectivity index (χ0v) is 41.6. The fourth-order valence-corrected chi connectivity index (χ4v) is 14.6. The molecule has 5 aliphatic heterocycles. The first kappa shape index (κ1) is 56.5. The Hall–Kier alpha value is -1.22. The molecule has 3 saturated carbocycles. The predicted octanol–water partition coefficient (Wildman–Crippen LogP) is -4.12. The Kier molecular flexibility index (Phi) is 16.9. The van der Waals surface area contributed by atoms with E-state index >= 15 is 0 Å². The molecule has 9 rings (SSSR count). The zero-order chi connectivity index (χ0) is 52.8. The minimum atomic E-state index is -2.01. The standard InChI is InChI=1S/C49H80O24/c1-18(17-65-43-35(58)30(53)29(52)26(15-50)67-43)7-12-49(64)19(2)28-25(73-49)14-24-22-6-5-20-13-21(8-10-47(20,3)23(22)9-11-48(24,28)4)66-46-40(70-45-37(60)32(55)34(57)42(63)72-45)38(61)39(27(16-51)68-46)69-44-36(59)31(54)33(56)41(62)71-44/h5,18-19,21-46,50-64H,6-17H2,1-4H3/t18-,19+,21?,22-,23+,24+,25?,26?,27?,28-,29-,30?,31?,32?,33-,34-,35?,36?,37?,38?,39-,40?,41?,42?,43-,44-,45-,46-,47+,48+,49?/m1/s1. The molecule has 0 aromatic carbocycles. The molecule has 8 fully saturated rings. The molecule has 5 heterocycles. The van der Waals surface area contributed by atoms with Gasteiger partial charge in [-0.2, -0.15) is 0 Å². The van der Waals surface area contributed by atoms with Crippen LogP contribution in [-0.2, 0) is 42.6 Å². The number of hydrogen-bond donors (Lipinski definition) is 15. The first-order valence-electron chi connectivity index (χ1n) is 26.1. The Balaban J connectivity index is 0.846. The molecule has 4 aliphatic carbocycles. The molecule has 0 aromatic rings. The van der Waals surface area contributed by atoms with Gasteiger partial charge in [0.15, 0.2) is 43.5 Å². The number of hydrogen-bond acceptors (Lipinski definition) is 24. The van der Waals surface area contributed by atoms with E-state index in [-0.39, 0.29) is 41.3 Å². The van der Waals surface area contributed by atoms with Crippen molar-refractivity contribution in [1.29, 1.82) is 0 Å². The summed E-state index contributed by atoms with van der Waals surface area (Å²) in [5.74, 6) is -0.424. The van der Waals surface area contributed by atoms with E-state index in [1.165, 1.54) is 5.57 Å². The van der Waals surface area contributed by atoms with E-state index in [4.69, 9.17) is 42.6 Å². The van der Waals surface area contributed by atoms with Gasteiger partial charge < -0.3 is 119 Å². The lowest BCUT2D eigenvalue weighted by molar-refractivity contribution is -0.405. The molecular weight excluding hydrogens is 973 g/mol. The van der Waals surface area contributed by atoms with E-state index in [2.05, 4.69) is 26.8 Å². The lowest BCUT2D eigenvalue weighted by Crippen LogP contribution is -2.67. The van der Waals surface area contributed by atoms with Crippen LogP contribution >= 0.6 is 0 Å². The van der Waals surface area contributed by atoms with Gasteiger partial charge in [0.25, 0.3) is 0 Å². The lowest BCUT2D eigenvalue weighted by Gasteiger charge is -2.58. The minimum Gasteiger partial charge on any atom is -0.394 e. The summed E-state index contributed by atoms with van der Waals surface area (Å²) in [5.41, 5.74) is 0.934. The molecule has 15 unspecified atom stereocenters. The summed E-state index contributed by atoms with van der Waals surface area (Å²) in [4.78, 5) is 0. The Labute approximate surface area is 422 Å². The lowest BCUT2D eigenvalue weighted by atomic mass is 9.47. The summed E-state index contributed by atoms with van der Waals surface area (Å²) in [7, 11) is 0. The maximum absolute atomic E-state index is 12.1. The first-order valence-corrected chi connectivity index (χ1v) is 26.1. The quantitative estimate of drug-likeness (QED) is 0.0735. The average molecular weight is 1050 g/mol. The van der Waals surface area contributed by atoms with Gasteiger partial charge in [-0.05, 0) is 91.8 Å². The summed E-state index contributed by atoms with van der Waals surface area (Å²) in [6.45, 7) is 7.49. The highest BCUT2D eigenvalue weighted by Crippen LogP contribution is 2.70. The fraction of sp³-hybridized carbons (Fsp3) is 0.959. The van der Waals surface area contributed by atoms with Crippen molar-refractivity contribution in [2.24, 2.45) is 46.3 Å². The maximum atomic E-state index is 12.1. The number of rotatable bonds is 14. The molecule has 0 amide bonds. The molecule has 0 radical (unpaired) electrons. The van der Waals surface area contributed by atoms with Gasteiger partial charge in [-0.1, -0.05) is 39.3 Å². The van der Waals surface area contributed by atoms with Gasteiger partial charge in [-0.25, -0.2) is 0 Å². The molecule has 420 valence electrons. The van der Waals surface area contributed by atoms with Crippen LogP contribution in [0.2, 0.25) is 0 Å². The molecule has 24 nitrogen and oxygen atoms in total. The van der Waals surface area contributed by atoms with Crippen LogP contribution in [0.25, 0.3) is 0 Å². The third-order valence-corrected chi connectivity index (χ3v) is 18.9. The van der Waals surface area contributed by atoms with E-state index in [0.29, 0.717) is 43.4 Å². The van der Waals surface area contributed by atoms with E-state index in [1.54, 1.807) is 0 Å². The third kappa shape index (κ3) is 10.1. The van der Waals surface area contributed by atoms with Gasteiger partial charge in [0.1, 0.15) is 85.5 Å². The second-order valence-electron chi connectivity index (χ2n) is 23.2. The number of aliphatic hydroxyl groups is 15. The molecule has 73 heavy (non-hydrogen) atoms. The topological polar surface area (TPSA) is 387 Å². The van der Waals surface area contributed by atoms with Crippen molar-refractivity contribution in [3.05, 3.63) is 11.6 Å². The molecule has 9 aliphatic rings. The summed E-state index contributed by atoms with van der Waals surface area (Å²) in [6.07, 6.45) is -26.3. The Morgan fingerprint density at radius 3 is 1.86 bits per heavy atom. The van der Waals surface area contributed by atoms with E-state index in [9.17, 15) is 76.6 Å². The SMILES string of the molecule is C[C@H](CCC1(O)OC2C[C@H]3[C@@H]4CC=C5CC(O[C@@H]6OC(CO)[C@@H](O[C@@H]7OC(O)[C@H](O)C(O)C7O)C(O)C6O[C@@H]6OC(O)[C@H](O)C(O)C6O)CC[C@]5(C)[C@H]4CC[C@]3(C)[C@@H]2[C@@H]1C)CO[C@@H]1OC(CO)[C@@H](O)C(O)C1O. The number of aliphatic hydroxyl groups excluding tert-OH is 14. The Morgan fingerprint density at radius 1 is 0.644 bits per heavy atom. The van der Waals surface area contributed by atoms with E-state index in [1.807, 2.05) is 6.92 Å². The number of allylic oxidation sites excluding steroid dienone is 1. The molecule has 15 N–H and O–H groups in total. The van der Waals surface area contributed by atoms with Crippen molar-refractivity contribution in [3.63, 3.8) is 0 Å². The van der Waals surface area contributed by atoms with Crippen LogP contribution < -0.4 is 0 Å². The van der Waals surface area contributed by atoms with Crippen molar-refractivity contribution in [1.82, 2.24) is 0 Å². The van der Waals surface area contributed by atoms with Gasteiger partial charge in [-0.3, -0.25) is 0 Å². The highest BCUT2D eigenvalue weighted by molar-refractivity contribution is 5.26. The van der Waals surface area contributed by atoms with Crippen molar-refractivity contribution >= 4 is 0 Å². The molecule has 24 heteroatoms. The third-order valence-electron chi connectivity index (χ3n) is 18.9. The summed E-state index contributed by atoms with van der Waals surface area (Å²) < 4.78 is 53.0. The first-order chi connectivity index (χ1) is 34.5. The normalized spacial score (nSPS) is 55.5. The summed E-state index contributed by atoms with van der Waals surface area (Å²) in [5, 5.41) is 158. The summed E-state index contributed by atoms with van der Waals surface area (Å²) in [6, 6.07) is 0. The Morgan fingerprint density at radius 2 is 1.23 bits per heavy atom. The van der Waals surface area contributed by atoms with Crippen LogP contribution in [0.4, 0.5) is 0 Å². The highest BCUT2D eigenvalue weighted by Gasteiger charge is 2.68. The summed E-state index contributed by atoms with van der Waals surface area (Å²) >= 11 is 0. The van der Waals surface area contributed by atoms with Crippen LogP contribution in [0.5, 0.6) is 0 Å². The van der Waals surface area contributed by atoms with Crippen LogP contribution in [-0.4, -0.2) is 238 Å². The monoisotopic (exact) mass is 1050 g/mol. The molecule has 0 spiro atoms. The second kappa shape index (κ2) is 21.8. The van der Waals surface area contributed by atoms with Gasteiger partial charge in [-0.15, -0.1) is 0 Å². The van der Waals surface area contributed by atoms with Crippen LogP contribution in [0, 0.1) is 46.3 Å². The molecule has 5 saturated heterocycles. The van der Waals surface area contributed by atoms with Gasteiger partial charge in [0.05, 0.1) is 32.0 Å². The van der Waals surface area contributed by atoms with Gasteiger partial charge in [0, 0.05) is 12.3 Å². The van der Waals surface area contributed by atoms with Crippen molar-refractivity contribution in [2.45, 2.75) is 227 Å². The smallest absolute Gasteiger partial charge is 0.189 e. The maximum Gasteiger partial charge on any atom is 0.189 e. The van der Waals surface area contributed by atoms with Gasteiger partial charge >= 0.3 is 0 Å². The van der Waals surface area contributed by atoms with Crippen LogP contribution in [0.15, 0.2) is 11.6 Å². The van der Waals surface area contributed by atoms with Crippen molar-refractivity contribution in [2.75, 3.05) is 19.8 Å². The zero-order valence-electron chi connectivity index (χ0n) is 41.6.